The molecule has 0 bridgehead atoms. The number of carbonyl (C=O) groups excluding carboxylic acids is 2. The Kier molecular flexibility index (Phi) is 4.65. The van der Waals surface area contributed by atoms with Crippen LogP contribution in [0, 0.1) is 12.7 Å². The predicted molar refractivity (Wildman–Crippen MR) is 90.5 cm³/mol. The van der Waals surface area contributed by atoms with Crippen LogP contribution in [-0.2, 0) is 0 Å². The number of hydrogen-bond acceptors (Lipinski definition) is 5. The average Bonchev–Trinajstić information content (AvgIpc) is 2.64. The molecule has 0 atom stereocenters. The van der Waals surface area contributed by atoms with E-state index in [1.54, 1.807) is 24.0 Å². The number of nitrogens with zero attached hydrogens (tertiary/aromatic N) is 3. The molecule has 0 spiro atoms. The van der Waals surface area contributed by atoms with Crippen LogP contribution in [0.2, 0.25) is 0 Å². The number of hydrogen-bond donors (Lipinski definition) is 1. The Balaban J connectivity index is 1.70. The summed E-state index contributed by atoms with van der Waals surface area (Å²) in [5.41, 5.74) is 0.977. The van der Waals surface area contributed by atoms with Crippen molar-refractivity contribution in [3.05, 3.63) is 53.0 Å². The lowest BCUT2D eigenvalue weighted by Gasteiger charge is -2.35. The van der Waals surface area contributed by atoms with Crippen molar-refractivity contribution >= 4 is 18.0 Å². The minimum absolute atomic E-state index is 0.0984. The predicted octanol–water partition coefficient (Wildman–Crippen LogP) is 2.01. The second-order valence-corrected chi connectivity index (χ2v) is 5.96. The molecule has 130 valence electrons. The summed E-state index contributed by atoms with van der Waals surface area (Å²) in [6.07, 6.45) is 1.71. The summed E-state index contributed by atoms with van der Waals surface area (Å²) in [6, 6.07) is 5.97. The molecule has 2 aromatic rings. The zero-order valence-corrected chi connectivity index (χ0v) is 13.8. The van der Waals surface area contributed by atoms with Crippen molar-refractivity contribution in [2.24, 2.45) is 0 Å². The van der Waals surface area contributed by atoms with Crippen molar-refractivity contribution in [1.82, 2.24) is 9.88 Å². The number of carbonyl (C=O) groups is 2. The summed E-state index contributed by atoms with van der Waals surface area (Å²) in [6.45, 7) is 3.81. The maximum atomic E-state index is 13.0. The van der Waals surface area contributed by atoms with E-state index in [4.69, 9.17) is 0 Å². The van der Waals surface area contributed by atoms with Crippen molar-refractivity contribution in [2.45, 2.75) is 6.92 Å². The van der Waals surface area contributed by atoms with E-state index in [0.717, 1.165) is 0 Å². The Labute approximate surface area is 144 Å². The Morgan fingerprint density at radius 3 is 2.56 bits per heavy atom. The van der Waals surface area contributed by atoms with Gasteiger partial charge in [-0.1, -0.05) is 0 Å². The minimum atomic E-state index is -0.383. The van der Waals surface area contributed by atoms with E-state index < -0.39 is 0 Å². The van der Waals surface area contributed by atoms with Gasteiger partial charge in [0.2, 0.25) is 0 Å². The molecule has 7 heteroatoms. The van der Waals surface area contributed by atoms with Gasteiger partial charge in [-0.3, -0.25) is 9.59 Å². The molecular formula is C18H18FN3O3. The van der Waals surface area contributed by atoms with E-state index in [1.165, 1.54) is 18.3 Å². The average molecular weight is 343 g/mol. The molecule has 2 heterocycles. The second kappa shape index (κ2) is 6.88. The highest BCUT2D eigenvalue weighted by Gasteiger charge is 2.24. The zero-order valence-electron chi connectivity index (χ0n) is 13.8. The maximum absolute atomic E-state index is 13.0. The van der Waals surface area contributed by atoms with Gasteiger partial charge in [-0.05, 0) is 36.8 Å². The van der Waals surface area contributed by atoms with E-state index in [9.17, 15) is 19.1 Å². The molecule has 1 saturated heterocycles. The number of halogens is 1. The lowest BCUT2D eigenvalue weighted by Crippen LogP contribution is -2.49. The van der Waals surface area contributed by atoms with Crippen LogP contribution in [0.4, 0.5) is 10.2 Å². The number of pyridine rings is 1. The highest BCUT2D eigenvalue weighted by molar-refractivity contribution is 5.97. The third-order valence-electron chi connectivity index (χ3n) is 4.31. The third-order valence-corrected chi connectivity index (χ3v) is 4.31. The van der Waals surface area contributed by atoms with E-state index in [0.29, 0.717) is 49.4 Å². The fourth-order valence-corrected chi connectivity index (χ4v) is 2.90. The van der Waals surface area contributed by atoms with Crippen molar-refractivity contribution < 1.29 is 19.1 Å². The largest absolute Gasteiger partial charge is 0.507 e. The maximum Gasteiger partial charge on any atom is 0.254 e. The number of aromatic nitrogens is 1. The number of aryl methyl sites for hydroxylation is 1. The topological polar surface area (TPSA) is 73.7 Å². The van der Waals surface area contributed by atoms with Gasteiger partial charge in [0.15, 0.2) is 6.29 Å². The van der Waals surface area contributed by atoms with Crippen molar-refractivity contribution in [1.29, 1.82) is 0 Å². The van der Waals surface area contributed by atoms with Crippen LogP contribution >= 0.6 is 0 Å². The lowest BCUT2D eigenvalue weighted by atomic mass is 10.0. The third kappa shape index (κ3) is 3.45. The van der Waals surface area contributed by atoms with Gasteiger partial charge in [-0.15, -0.1) is 0 Å². The van der Waals surface area contributed by atoms with Crippen molar-refractivity contribution in [3.63, 3.8) is 0 Å². The number of rotatable bonds is 3. The SMILES string of the molecule is Cc1cc(C(=O)N2CCN(c3ccc(F)cn3)CC2)cc(C=O)c1O. The van der Waals surface area contributed by atoms with E-state index in [-0.39, 0.29) is 23.0 Å². The van der Waals surface area contributed by atoms with Crippen molar-refractivity contribution in [3.8, 4) is 5.75 Å². The molecule has 0 radical (unpaired) electrons. The van der Waals surface area contributed by atoms with Crippen LogP contribution in [0.25, 0.3) is 0 Å². The molecule has 1 aliphatic rings. The summed E-state index contributed by atoms with van der Waals surface area (Å²) in [5, 5.41) is 9.80. The van der Waals surface area contributed by atoms with Crippen molar-refractivity contribution in [2.75, 3.05) is 31.1 Å². The van der Waals surface area contributed by atoms with Gasteiger partial charge in [0.1, 0.15) is 17.4 Å². The number of phenols is 1. The summed E-state index contributed by atoms with van der Waals surface area (Å²) in [7, 11) is 0. The van der Waals surface area contributed by atoms with Crippen LogP contribution in [0.1, 0.15) is 26.3 Å². The van der Waals surface area contributed by atoms with E-state index in [2.05, 4.69) is 4.98 Å². The number of aldehydes is 1. The molecule has 3 rings (SSSR count). The normalized spacial score (nSPS) is 14.5. The molecule has 1 aromatic carbocycles. The molecule has 25 heavy (non-hydrogen) atoms. The summed E-state index contributed by atoms with van der Waals surface area (Å²) in [5.74, 6) is 0.0140. The highest BCUT2D eigenvalue weighted by atomic mass is 19.1. The number of benzene rings is 1. The van der Waals surface area contributed by atoms with E-state index >= 15 is 0 Å². The summed E-state index contributed by atoms with van der Waals surface area (Å²) >= 11 is 0. The van der Waals surface area contributed by atoms with Gasteiger partial charge in [0, 0.05) is 31.7 Å². The molecule has 0 saturated carbocycles. The molecule has 1 aliphatic heterocycles. The van der Waals surface area contributed by atoms with Crippen LogP contribution in [0.5, 0.6) is 5.75 Å². The standard InChI is InChI=1S/C18H18FN3O3/c1-12-8-13(9-14(11-23)17(12)24)18(25)22-6-4-21(5-7-22)16-3-2-15(19)10-20-16/h2-3,8-11,24H,4-7H2,1H3. The Hall–Kier alpha value is -2.96. The lowest BCUT2D eigenvalue weighted by molar-refractivity contribution is 0.0746. The Morgan fingerprint density at radius 1 is 1.24 bits per heavy atom. The van der Waals surface area contributed by atoms with Gasteiger partial charge in [0.05, 0.1) is 11.8 Å². The monoisotopic (exact) mass is 343 g/mol. The Morgan fingerprint density at radius 2 is 1.96 bits per heavy atom. The summed E-state index contributed by atoms with van der Waals surface area (Å²) in [4.78, 5) is 31.4. The quantitative estimate of drug-likeness (QED) is 0.863. The Bertz CT molecular complexity index is 800. The van der Waals surface area contributed by atoms with Crippen LogP contribution in [0.3, 0.4) is 0 Å². The molecule has 1 fully saturated rings. The molecule has 1 amide bonds. The number of aromatic hydroxyl groups is 1. The van der Waals surface area contributed by atoms with Gasteiger partial charge in [-0.2, -0.15) is 0 Å². The van der Waals surface area contributed by atoms with Crippen LogP contribution in [0.15, 0.2) is 30.5 Å². The van der Waals surface area contributed by atoms with Gasteiger partial charge >= 0.3 is 0 Å². The van der Waals surface area contributed by atoms with Crippen LogP contribution < -0.4 is 4.90 Å². The van der Waals surface area contributed by atoms with Gasteiger partial charge in [-0.25, -0.2) is 9.37 Å². The van der Waals surface area contributed by atoms with Crippen LogP contribution in [-0.4, -0.2) is 53.4 Å². The molecule has 1 N–H and O–H groups in total. The second-order valence-electron chi connectivity index (χ2n) is 5.96. The first-order valence-corrected chi connectivity index (χ1v) is 7.94. The first kappa shape index (κ1) is 16.9. The minimum Gasteiger partial charge on any atom is -0.507 e. The highest BCUT2D eigenvalue weighted by Crippen LogP contribution is 2.24. The number of piperazine rings is 1. The summed E-state index contributed by atoms with van der Waals surface area (Å²) < 4.78 is 13.0. The van der Waals surface area contributed by atoms with Gasteiger partial charge in [0.25, 0.3) is 5.91 Å². The molecule has 1 aromatic heterocycles. The smallest absolute Gasteiger partial charge is 0.254 e. The number of anilines is 1. The number of amides is 1. The molecule has 0 aliphatic carbocycles. The molecular weight excluding hydrogens is 325 g/mol. The fourth-order valence-electron chi connectivity index (χ4n) is 2.90. The molecule has 6 nitrogen and oxygen atoms in total. The zero-order chi connectivity index (χ0) is 18.0. The first-order chi connectivity index (χ1) is 12.0. The van der Waals surface area contributed by atoms with Gasteiger partial charge < -0.3 is 14.9 Å². The molecule has 0 unspecified atom stereocenters. The first-order valence-electron chi connectivity index (χ1n) is 7.94. The number of phenolic OH excluding ortho intramolecular Hbond substituents is 1. The fraction of sp³-hybridized carbons (Fsp3) is 0.278. The van der Waals surface area contributed by atoms with E-state index in [1.807, 2.05) is 4.90 Å².